The van der Waals surface area contributed by atoms with E-state index in [0.29, 0.717) is 31.2 Å². The van der Waals surface area contributed by atoms with Gasteiger partial charge in [-0.1, -0.05) is 13.8 Å². The number of rotatable bonds is 8. The van der Waals surface area contributed by atoms with Gasteiger partial charge in [0.25, 0.3) is 0 Å². The fourth-order valence-corrected chi connectivity index (χ4v) is 4.50. The van der Waals surface area contributed by atoms with Crippen LogP contribution in [-0.2, 0) is 4.74 Å². The molecule has 5 heteroatoms. The first-order valence-electron chi connectivity index (χ1n) is 11.0. The number of hydrogen-bond acceptors (Lipinski definition) is 3. The van der Waals surface area contributed by atoms with Gasteiger partial charge < -0.3 is 14.2 Å². The quantitative estimate of drug-likeness (QED) is 0.528. The Balaban J connectivity index is 1.44. The predicted molar refractivity (Wildman–Crippen MR) is 106 cm³/mol. The largest absolute Gasteiger partial charge is 0.490 e. The third-order valence-electron chi connectivity index (χ3n) is 6.37. The molecule has 1 saturated heterocycles. The molecule has 3 rings (SSSR count). The predicted octanol–water partition coefficient (Wildman–Crippen LogP) is 6.14. The van der Waals surface area contributed by atoms with Crippen molar-refractivity contribution < 1.29 is 23.0 Å². The minimum absolute atomic E-state index is 0.0187. The summed E-state index contributed by atoms with van der Waals surface area (Å²) >= 11 is 0. The van der Waals surface area contributed by atoms with Crippen LogP contribution in [0.4, 0.5) is 8.78 Å². The van der Waals surface area contributed by atoms with Crippen molar-refractivity contribution in [1.29, 1.82) is 0 Å². The summed E-state index contributed by atoms with van der Waals surface area (Å²) in [6.07, 6.45) is 9.30. The molecule has 0 radical (unpaired) electrons. The van der Waals surface area contributed by atoms with Crippen LogP contribution in [-0.4, -0.2) is 25.9 Å². The van der Waals surface area contributed by atoms with E-state index in [1.807, 2.05) is 6.92 Å². The Morgan fingerprint density at radius 1 is 0.893 bits per heavy atom. The Labute approximate surface area is 167 Å². The Hall–Kier alpha value is -1.36. The minimum atomic E-state index is -0.961. The van der Waals surface area contributed by atoms with Crippen LogP contribution in [0, 0.1) is 29.4 Å². The van der Waals surface area contributed by atoms with Crippen molar-refractivity contribution in [2.75, 3.05) is 19.8 Å². The zero-order chi connectivity index (χ0) is 19.9. The monoisotopic (exact) mass is 396 g/mol. The molecule has 0 N–H and O–H groups in total. The van der Waals surface area contributed by atoms with Crippen molar-refractivity contribution in [3.63, 3.8) is 0 Å². The van der Waals surface area contributed by atoms with Crippen LogP contribution in [0.5, 0.6) is 11.5 Å². The maximum absolute atomic E-state index is 14.2. The van der Waals surface area contributed by atoms with Crippen molar-refractivity contribution in [1.82, 2.24) is 0 Å². The van der Waals surface area contributed by atoms with Gasteiger partial charge in [0.05, 0.1) is 25.9 Å². The van der Waals surface area contributed by atoms with Gasteiger partial charge in [-0.25, -0.2) is 0 Å². The third-order valence-corrected chi connectivity index (χ3v) is 6.37. The van der Waals surface area contributed by atoms with E-state index >= 15 is 0 Å². The summed E-state index contributed by atoms with van der Waals surface area (Å²) in [5.41, 5.74) is 0. The molecule has 0 spiro atoms. The molecule has 1 aromatic rings. The molecule has 1 heterocycles. The molecular formula is C23H34F2O3. The van der Waals surface area contributed by atoms with Crippen LogP contribution in [0.3, 0.4) is 0 Å². The van der Waals surface area contributed by atoms with Crippen LogP contribution in [0.1, 0.15) is 65.2 Å². The first-order valence-corrected chi connectivity index (χ1v) is 11.0. The molecule has 3 nitrogen and oxygen atoms in total. The van der Waals surface area contributed by atoms with E-state index in [4.69, 9.17) is 14.2 Å². The van der Waals surface area contributed by atoms with E-state index in [0.717, 1.165) is 38.2 Å². The molecule has 1 aliphatic carbocycles. The topological polar surface area (TPSA) is 27.7 Å². The van der Waals surface area contributed by atoms with E-state index in [2.05, 4.69) is 6.92 Å². The number of halogens is 2. The van der Waals surface area contributed by atoms with E-state index in [1.165, 1.54) is 37.8 Å². The van der Waals surface area contributed by atoms with Crippen molar-refractivity contribution in [2.24, 2.45) is 17.8 Å². The normalized spacial score (nSPS) is 28.1. The van der Waals surface area contributed by atoms with Gasteiger partial charge in [0.15, 0.2) is 11.5 Å². The molecule has 2 unspecified atom stereocenters. The van der Waals surface area contributed by atoms with Gasteiger partial charge in [-0.3, -0.25) is 0 Å². The SMILES string of the molecule is CCCOc1ccc(OCC2CCC(C3CCC(CC)OC3)CC2)c(F)c1F. The number of hydrogen-bond donors (Lipinski definition) is 0. The van der Waals surface area contributed by atoms with Gasteiger partial charge in [-0.2, -0.15) is 8.78 Å². The highest BCUT2D eigenvalue weighted by Crippen LogP contribution is 2.38. The lowest BCUT2D eigenvalue weighted by molar-refractivity contribution is -0.0405. The Morgan fingerprint density at radius 3 is 2.11 bits per heavy atom. The standard InChI is InChI=1S/C23H34F2O3/c1-3-13-26-20-11-12-21(23(25)22(20)24)28-14-16-5-7-17(8-6-16)18-9-10-19(4-2)27-15-18/h11-12,16-19H,3-10,13-15H2,1-2H3. The van der Waals surface area contributed by atoms with Crippen LogP contribution < -0.4 is 9.47 Å². The molecule has 0 aromatic heterocycles. The van der Waals surface area contributed by atoms with E-state index < -0.39 is 11.6 Å². The molecule has 2 atom stereocenters. The summed E-state index contributed by atoms with van der Waals surface area (Å²) in [5, 5.41) is 0. The lowest BCUT2D eigenvalue weighted by Crippen LogP contribution is -2.32. The first-order chi connectivity index (χ1) is 13.6. The second kappa shape index (κ2) is 10.4. The lowest BCUT2D eigenvalue weighted by atomic mass is 9.74. The fourth-order valence-electron chi connectivity index (χ4n) is 4.50. The molecule has 2 aliphatic rings. The molecular weight excluding hydrogens is 362 g/mol. The molecule has 2 fully saturated rings. The first kappa shape index (κ1) is 21.4. The maximum Gasteiger partial charge on any atom is 0.204 e. The highest BCUT2D eigenvalue weighted by Gasteiger charge is 2.31. The van der Waals surface area contributed by atoms with Gasteiger partial charge >= 0.3 is 0 Å². The fraction of sp³-hybridized carbons (Fsp3) is 0.739. The summed E-state index contributed by atoms with van der Waals surface area (Å²) in [5.74, 6) is -0.154. The zero-order valence-corrected chi connectivity index (χ0v) is 17.2. The summed E-state index contributed by atoms with van der Waals surface area (Å²) < 4.78 is 45.1. The van der Waals surface area contributed by atoms with Gasteiger partial charge in [0.1, 0.15) is 0 Å². The number of benzene rings is 1. The Bertz CT molecular complexity index is 606. The third kappa shape index (κ3) is 5.37. The van der Waals surface area contributed by atoms with E-state index in [-0.39, 0.29) is 11.5 Å². The second-order valence-corrected chi connectivity index (χ2v) is 8.33. The molecule has 28 heavy (non-hydrogen) atoms. The molecule has 0 bridgehead atoms. The minimum Gasteiger partial charge on any atom is -0.490 e. The smallest absolute Gasteiger partial charge is 0.204 e. The summed E-state index contributed by atoms with van der Waals surface area (Å²) in [6, 6.07) is 2.92. The second-order valence-electron chi connectivity index (χ2n) is 8.33. The number of ether oxygens (including phenoxy) is 3. The van der Waals surface area contributed by atoms with Crippen molar-refractivity contribution in [3.05, 3.63) is 23.8 Å². The molecule has 1 saturated carbocycles. The maximum atomic E-state index is 14.2. The summed E-state index contributed by atoms with van der Waals surface area (Å²) in [7, 11) is 0. The highest BCUT2D eigenvalue weighted by molar-refractivity contribution is 5.35. The van der Waals surface area contributed by atoms with Crippen molar-refractivity contribution >= 4 is 0 Å². The average Bonchev–Trinajstić information content (AvgIpc) is 2.74. The lowest BCUT2D eigenvalue weighted by Gasteiger charge is -2.37. The van der Waals surface area contributed by atoms with Gasteiger partial charge in [-0.05, 0) is 81.3 Å². The zero-order valence-electron chi connectivity index (χ0n) is 17.2. The van der Waals surface area contributed by atoms with Crippen LogP contribution >= 0.6 is 0 Å². The van der Waals surface area contributed by atoms with Gasteiger partial charge in [0.2, 0.25) is 11.6 Å². The summed E-state index contributed by atoms with van der Waals surface area (Å²) in [4.78, 5) is 0. The van der Waals surface area contributed by atoms with Crippen LogP contribution in [0.15, 0.2) is 12.1 Å². The van der Waals surface area contributed by atoms with Gasteiger partial charge in [0, 0.05) is 0 Å². The molecule has 1 aromatic carbocycles. The van der Waals surface area contributed by atoms with Crippen molar-refractivity contribution in [2.45, 2.75) is 71.3 Å². The molecule has 0 amide bonds. The average molecular weight is 397 g/mol. The van der Waals surface area contributed by atoms with Gasteiger partial charge in [-0.15, -0.1) is 0 Å². The van der Waals surface area contributed by atoms with Crippen LogP contribution in [0.25, 0.3) is 0 Å². The Kier molecular flexibility index (Phi) is 7.95. The van der Waals surface area contributed by atoms with E-state index in [1.54, 1.807) is 0 Å². The summed E-state index contributed by atoms with van der Waals surface area (Å²) in [6.45, 7) is 5.82. The highest BCUT2D eigenvalue weighted by atomic mass is 19.2. The molecule has 158 valence electrons. The molecule has 1 aliphatic heterocycles. The van der Waals surface area contributed by atoms with E-state index in [9.17, 15) is 8.78 Å². The van der Waals surface area contributed by atoms with Crippen LogP contribution in [0.2, 0.25) is 0 Å². The Morgan fingerprint density at radius 2 is 1.54 bits per heavy atom. The van der Waals surface area contributed by atoms with Crippen molar-refractivity contribution in [3.8, 4) is 11.5 Å².